The Morgan fingerprint density at radius 2 is 1.91 bits per heavy atom. The Morgan fingerprint density at radius 1 is 1.22 bits per heavy atom. The summed E-state index contributed by atoms with van der Waals surface area (Å²) in [6.07, 6.45) is 2.02. The SMILES string of the molecule is CCCC(N)C(=O)N1CCN(CC2CN(C(C)C)CCO2)CC1. The van der Waals surface area contributed by atoms with E-state index in [-0.39, 0.29) is 18.1 Å². The van der Waals surface area contributed by atoms with Crippen LogP contribution in [-0.2, 0) is 9.53 Å². The maximum Gasteiger partial charge on any atom is 0.239 e. The number of carbonyl (C=O) groups excluding carboxylic acids is 1. The van der Waals surface area contributed by atoms with Gasteiger partial charge in [0.1, 0.15) is 0 Å². The van der Waals surface area contributed by atoms with Crippen LogP contribution in [0.25, 0.3) is 0 Å². The van der Waals surface area contributed by atoms with Crippen molar-refractivity contribution in [2.24, 2.45) is 5.73 Å². The second-order valence-electron chi connectivity index (χ2n) is 7.10. The average molecular weight is 326 g/mol. The van der Waals surface area contributed by atoms with Gasteiger partial charge in [-0.1, -0.05) is 13.3 Å². The van der Waals surface area contributed by atoms with Crippen LogP contribution in [0.3, 0.4) is 0 Å². The van der Waals surface area contributed by atoms with Crippen LogP contribution in [0.1, 0.15) is 33.6 Å². The van der Waals surface area contributed by atoms with Crippen LogP contribution >= 0.6 is 0 Å². The Hall–Kier alpha value is -0.690. The van der Waals surface area contributed by atoms with Crippen molar-refractivity contribution in [3.63, 3.8) is 0 Å². The van der Waals surface area contributed by atoms with Crippen molar-refractivity contribution < 1.29 is 9.53 Å². The first-order valence-corrected chi connectivity index (χ1v) is 9.13. The van der Waals surface area contributed by atoms with E-state index < -0.39 is 0 Å². The summed E-state index contributed by atoms with van der Waals surface area (Å²) < 4.78 is 5.92. The minimum absolute atomic E-state index is 0.117. The van der Waals surface area contributed by atoms with Gasteiger partial charge in [0.05, 0.1) is 18.8 Å². The van der Waals surface area contributed by atoms with E-state index >= 15 is 0 Å². The van der Waals surface area contributed by atoms with Gasteiger partial charge < -0.3 is 15.4 Å². The predicted molar refractivity (Wildman–Crippen MR) is 92.4 cm³/mol. The van der Waals surface area contributed by atoms with Gasteiger partial charge in [-0.15, -0.1) is 0 Å². The number of ether oxygens (including phenoxy) is 1. The van der Waals surface area contributed by atoms with Crippen molar-refractivity contribution in [1.82, 2.24) is 14.7 Å². The zero-order valence-corrected chi connectivity index (χ0v) is 15.0. The van der Waals surface area contributed by atoms with E-state index in [1.807, 2.05) is 4.90 Å². The van der Waals surface area contributed by atoms with Crippen LogP contribution < -0.4 is 5.73 Å². The van der Waals surface area contributed by atoms with Crippen molar-refractivity contribution in [3.05, 3.63) is 0 Å². The second kappa shape index (κ2) is 8.97. The number of hydrogen-bond donors (Lipinski definition) is 1. The highest BCUT2D eigenvalue weighted by Crippen LogP contribution is 2.12. The van der Waals surface area contributed by atoms with E-state index in [0.717, 1.165) is 65.3 Å². The summed E-state index contributed by atoms with van der Waals surface area (Å²) in [5.41, 5.74) is 5.96. The molecule has 2 fully saturated rings. The Bertz CT molecular complexity index is 370. The maximum absolute atomic E-state index is 12.3. The topological polar surface area (TPSA) is 62.0 Å². The summed E-state index contributed by atoms with van der Waals surface area (Å²) in [4.78, 5) is 19.1. The van der Waals surface area contributed by atoms with Crippen LogP contribution in [0.2, 0.25) is 0 Å². The molecule has 2 aliphatic heterocycles. The van der Waals surface area contributed by atoms with Crippen molar-refractivity contribution in [2.75, 3.05) is 52.4 Å². The number of nitrogens with two attached hydrogens (primary N) is 1. The molecule has 2 atom stereocenters. The average Bonchev–Trinajstić information content (AvgIpc) is 2.55. The number of hydrogen-bond acceptors (Lipinski definition) is 5. The lowest BCUT2D eigenvalue weighted by Gasteiger charge is -2.40. The number of nitrogens with zero attached hydrogens (tertiary/aromatic N) is 3. The fraction of sp³-hybridized carbons (Fsp3) is 0.941. The molecule has 6 heteroatoms. The van der Waals surface area contributed by atoms with Gasteiger partial charge in [0, 0.05) is 51.9 Å². The van der Waals surface area contributed by atoms with Crippen LogP contribution in [0, 0.1) is 0 Å². The van der Waals surface area contributed by atoms with Gasteiger partial charge >= 0.3 is 0 Å². The van der Waals surface area contributed by atoms with Crippen LogP contribution in [0.5, 0.6) is 0 Å². The highest BCUT2D eigenvalue weighted by atomic mass is 16.5. The lowest BCUT2D eigenvalue weighted by Crippen LogP contribution is -2.56. The molecule has 2 N–H and O–H groups in total. The monoisotopic (exact) mass is 326 g/mol. The largest absolute Gasteiger partial charge is 0.374 e. The van der Waals surface area contributed by atoms with Gasteiger partial charge in [-0.25, -0.2) is 0 Å². The first-order chi connectivity index (χ1) is 11.0. The van der Waals surface area contributed by atoms with Gasteiger partial charge in [-0.3, -0.25) is 14.6 Å². The lowest BCUT2D eigenvalue weighted by atomic mass is 10.1. The number of carbonyl (C=O) groups is 1. The molecule has 0 aromatic rings. The first-order valence-electron chi connectivity index (χ1n) is 9.13. The number of amides is 1. The number of piperazine rings is 1. The molecule has 0 spiro atoms. The van der Waals surface area contributed by atoms with Crippen LogP contribution in [0.15, 0.2) is 0 Å². The number of morpholine rings is 1. The summed E-state index contributed by atoms with van der Waals surface area (Å²) >= 11 is 0. The van der Waals surface area contributed by atoms with E-state index in [9.17, 15) is 4.79 Å². The van der Waals surface area contributed by atoms with Crippen LogP contribution in [-0.4, -0.2) is 91.2 Å². The van der Waals surface area contributed by atoms with E-state index in [4.69, 9.17) is 10.5 Å². The second-order valence-corrected chi connectivity index (χ2v) is 7.10. The molecule has 0 radical (unpaired) electrons. The van der Waals surface area contributed by atoms with Crippen molar-refractivity contribution in [3.8, 4) is 0 Å². The number of rotatable bonds is 6. The third-order valence-electron chi connectivity index (χ3n) is 4.96. The quantitative estimate of drug-likeness (QED) is 0.764. The van der Waals surface area contributed by atoms with E-state index in [1.54, 1.807) is 0 Å². The minimum Gasteiger partial charge on any atom is -0.374 e. The molecule has 6 nitrogen and oxygen atoms in total. The standard InChI is InChI=1S/C17H34N4O2/c1-4-5-16(18)17(22)20-8-6-19(7-9-20)12-15-13-21(14(2)3)10-11-23-15/h14-16H,4-13,18H2,1-3H3. The summed E-state index contributed by atoms with van der Waals surface area (Å²) in [7, 11) is 0. The molecule has 23 heavy (non-hydrogen) atoms. The van der Waals surface area contributed by atoms with Gasteiger partial charge in [-0.2, -0.15) is 0 Å². The van der Waals surface area contributed by atoms with Gasteiger partial charge in [0.15, 0.2) is 0 Å². The first kappa shape index (κ1) is 18.6. The van der Waals surface area contributed by atoms with Gasteiger partial charge in [-0.05, 0) is 20.3 Å². The van der Waals surface area contributed by atoms with Crippen LogP contribution in [0.4, 0.5) is 0 Å². The molecule has 2 aliphatic rings. The molecule has 2 rings (SSSR count). The molecule has 0 aromatic carbocycles. The van der Waals surface area contributed by atoms with E-state index in [2.05, 4.69) is 30.6 Å². The zero-order chi connectivity index (χ0) is 16.8. The molecule has 2 heterocycles. The van der Waals surface area contributed by atoms with Gasteiger partial charge in [0.25, 0.3) is 0 Å². The summed E-state index contributed by atoms with van der Waals surface area (Å²) in [6, 6.07) is 0.253. The molecule has 0 saturated carbocycles. The summed E-state index contributed by atoms with van der Waals surface area (Å²) in [5.74, 6) is 0.117. The molecule has 134 valence electrons. The Labute approximate surface area is 140 Å². The fourth-order valence-corrected chi connectivity index (χ4v) is 3.43. The molecular weight excluding hydrogens is 292 g/mol. The minimum atomic E-state index is -0.326. The molecule has 0 aromatic heterocycles. The molecular formula is C17H34N4O2. The molecule has 2 saturated heterocycles. The van der Waals surface area contributed by atoms with E-state index in [0.29, 0.717) is 6.04 Å². The normalized spacial score (nSPS) is 25.8. The summed E-state index contributed by atoms with van der Waals surface area (Å²) in [6.45, 7) is 13.8. The fourth-order valence-electron chi connectivity index (χ4n) is 3.43. The Morgan fingerprint density at radius 3 is 2.52 bits per heavy atom. The maximum atomic E-state index is 12.3. The Balaban J connectivity index is 1.73. The Kier molecular flexibility index (Phi) is 7.27. The predicted octanol–water partition coefficient (Wildman–Crippen LogP) is 0.367. The van der Waals surface area contributed by atoms with Gasteiger partial charge in [0.2, 0.25) is 5.91 Å². The van der Waals surface area contributed by atoms with E-state index in [1.165, 1.54) is 0 Å². The smallest absolute Gasteiger partial charge is 0.239 e. The zero-order valence-electron chi connectivity index (χ0n) is 15.0. The highest BCUT2D eigenvalue weighted by molar-refractivity contribution is 5.81. The third kappa shape index (κ3) is 5.41. The van der Waals surface area contributed by atoms with Crippen molar-refractivity contribution in [1.29, 1.82) is 0 Å². The van der Waals surface area contributed by atoms with Crippen molar-refractivity contribution in [2.45, 2.75) is 51.8 Å². The highest BCUT2D eigenvalue weighted by Gasteiger charge is 2.28. The lowest BCUT2D eigenvalue weighted by molar-refractivity contribution is -0.135. The van der Waals surface area contributed by atoms with Crippen molar-refractivity contribution >= 4 is 5.91 Å². The molecule has 0 aliphatic carbocycles. The summed E-state index contributed by atoms with van der Waals surface area (Å²) in [5, 5.41) is 0. The molecule has 0 bridgehead atoms. The third-order valence-corrected chi connectivity index (χ3v) is 4.96. The molecule has 2 unspecified atom stereocenters. The molecule has 1 amide bonds.